The number of piperidine rings is 1. The van der Waals surface area contributed by atoms with Gasteiger partial charge in [0.05, 0.1) is 12.6 Å². The van der Waals surface area contributed by atoms with Crippen LogP contribution in [0.25, 0.3) is 0 Å². The maximum Gasteiger partial charge on any atom is 0.243 e. The van der Waals surface area contributed by atoms with Crippen molar-refractivity contribution in [1.29, 1.82) is 0 Å². The van der Waals surface area contributed by atoms with Gasteiger partial charge in [-0.2, -0.15) is 9.97 Å². The normalized spacial score (nSPS) is 23.3. The second-order valence-corrected chi connectivity index (χ2v) is 7.38. The molecular formula is C17H26N6O2. The monoisotopic (exact) mass is 346 g/mol. The SMILES string of the molecule is Cc1noc([C@@H](C)N(C)[C@H]2CCCN(Cc3noc(C4CC4)n3)C2)n1. The molecule has 0 amide bonds. The Balaban J connectivity index is 1.36. The van der Waals surface area contributed by atoms with Crippen LogP contribution in [0.1, 0.15) is 68.0 Å². The van der Waals surface area contributed by atoms with E-state index in [1.54, 1.807) is 0 Å². The Labute approximate surface area is 147 Å². The molecule has 1 aliphatic heterocycles. The van der Waals surface area contributed by atoms with Gasteiger partial charge in [0.15, 0.2) is 11.6 Å². The van der Waals surface area contributed by atoms with Gasteiger partial charge in [0.2, 0.25) is 11.8 Å². The lowest BCUT2D eigenvalue weighted by atomic mass is 10.0. The number of aryl methyl sites for hydroxylation is 1. The third-order valence-corrected chi connectivity index (χ3v) is 5.34. The van der Waals surface area contributed by atoms with E-state index in [1.165, 1.54) is 19.3 Å². The van der Waals surface area contributed by atoms with E-state index < -0.39 is 0 Å². The Kier molecular flexibility index (Phi) is 4.56. The summed E-state index contributed by atoms with van der Waals surface area (Å²) in [7, 11) is 2.14. The van der Waals surface area contributed by atoms with Crippen LogP contribution in [0.3, 0.4) is 0 Å². The summed E-state index contributed by atoms with van der Waals surface area (Å²) in [6.45, 7) is 6.79. The number of likely N-dealkylation sites (N-methyl/N-ethyl adjacent to an activating group) is 1. The molecule has 2 atom stereocenters. The lowest BCUT2D eigenvalue weighted by Crippen LogP contribution is -2.47. The van der Waals surface area contributed by atoms with Gasteiger partial charge >= 0.3 is 0 Å². The lowest BCUT2D eigenvalue weighted by molar-refractivity contribution is 0.0744. The zero-order valence-corrected chi connectivity index (χ0v) is 15.2. The number of likely N-dealkylation sites (tertiary alicyclic amines) is 1. The van der Waals surface area contributed by atoms with Gasteiger partial charge in [0, 0.05) is 18.5 Å². The zero-order chi connectivity index (χ0) is 17.4. The predicted octanol–water partition coefficient (Wildman–Crippen LogP) is 2.30. The molecule has 0 bridgehead atoms. The molecule has 1 saturated heterocycles. The molecule has 0 aromatic carbocycles. The first-order valence-electron chi connectivity index (χ1n) is 9.17. The van der Waals surface area contributed by atoms with Crippen LogP contribution in [0.15, 0.2) is 9.05 Å². The molecular weight excluding hydrogens is 320 g/mol. The summed E-state index contributed by atoms with van der Waals surface area (Å²) >= 11 is 0. The highest BCUT2D eigenvalue weighted by Gasteiger charge is 2.31. The highest BCUT2D eigenvalue weighted by atomic mass is 16.5. The van der Waals surface area contributed by atoms with Crippen molar-refractivity contribution < 1.29 is 9.05 Å². The predicted molar refractivity (Wildman–Crippen MR) is 89.8 cm³/mol. The number of nitrogens with zero attached hydrogens (tertiary/aromatic N) is 6. The fraction of sp³-hybridized carbons (Fsp3) is 0.765. The second kappa shape index (κ2) is 6.84. The molecule has 2 aliphatic rings. The molecule has 25 heavy (non-hydrogen) atoms. The molecule has 0 radical (unpaired) electrons. The number of aromatic nitrogens is 4. The average molecular weight is 346 g/mol. The molecule has 8 nitrogen and oxygen atoms in total. The van der Waals surface area contributed by atoms with E-state index in [9.17, 15) is 0 Å². The summed E-state index contributed by atoms with van der Waals surface area (Å²) in [5.74, 6) is 3.51. The van der Waals surface area contributed by atoms with Crippen molar-refractivity contribution in [2.75, 3.05) is 20.1 Å². The van der Waals surface area contributed by atoms with E-state index in [2.05, 4.69) is 44.1 Å². The van der Waals surface area contributed by atoms with Crippen molar-refractivity contribution >= 4 is 0 Å². The third-order valence-electron chi connectivity index (χ3n) is 5.34. The van der Waals surface area contributed by atoms with E-state index in [1.807, 2.05) is 6.92 Å². The Morgan fingerprint density at radius 3 is 2.76 bits per heavy atom. The van der Waals surface area contributed by atoms with Crippen LogP contribution in [0.2, 0.25) is 0 Å². The largest absolute Gasteiger partial charge is 0.339 e. The Hall–Kier alpha value is -1.80. The van der Waals surface area contributed by atoms with Crippen molar-refractivity contribution in [2.24, 2.45) is 0 Å². The van der Waals surface area contributed by atoms with E-state index in [4.69, 9.17) is 9.05 Å². The minimum atomic E-state index is 0.109. The van der Waals surface area contributed by atoms with Crippen molar-refractivity contribution in [3.63, 3.8) is 0 Å². The number of rotatable bonds is 6. The first-order chi connectivity index (χ1) is 12.1. The molecule has 1 aliphatic carbocycles. The fourth-order valence-electron chi connectivity index (χ4n) is 3.51. The standard InChI is InChI=1S/C17H26N6O2/c1-11(16-18-12(2)20-24-16)22(3)14-5-4-8-23(9-14)10-15-19-17(25-21-15)13-6-7-13/h11,13-14H,4-10H2,1-3H3/t11-,14+/m1/s1. The smallest absolute Gasteiger partial charge is 0.243 e. The van der Waals surface area contributed by atoms with E-state index in [0.29, 0.717) is 23.7 Å². The second-order valence-electron chi connectivity index (χ2n) is 7.38. The van der Waals surface area contributed by atoms with E-state index in [0.717, 1.165) is 37.8 Å². The first-order valence-corrected chi connectivity index (χ1v) is 9.17. The number of hydrogen-bond acceptors (Lipinski definition) is 8. The topological polar surface area (TPSA) is 84.3 Å². The van der Waals surface area contributed by atoms with Gasteiger partial charge in [-0.15, -0.1) is 0 Å². The minimum Gasteiger partial charge on any atom is -0.339 e. The zero-order valence-electron chi connectivity index (χ0n) is 15.2. The highest BCUT2D eigenvalue weighted by Crippen LogP contribution is 2.38. The van der Waals surface area contributed by atoms with Crippen molar-refractivity contribution in [3.8, 4) is 0 Å². The van der Waals surface area contributed by atoms with Crippen LogP contribution < -0.4 is 0 Å². The van der Waals surface area contributed by atoms with E-state index in [-0.39, 0.29) is 6.04 Å². The molecule has 1 saturated carbocycles. The number of hydrogen-bond donors (Lipinski definition) is 0. The lowest BCUT2D eigenvalue weighted by Gasteiger charge is -2.38. The molecule has 0 spiro atoms. The molecule has 3 heterocycles. The summed E-state index contributed by atoms with van der Waals surface area (Å²) in [4.78, 5) is 13.7. The van der Waals surface area contributed by atoms with Crippen LogP contribution in [0.5, 0.6) is 0 Å². The van der Waals surface area contributed by atoms with Crippen molar-refractivity contribution in [2.45, 2.75) is 64.1 Å². The van der Waals surface area contributed by atoms with Crippen LogP contribution >= 0.6 is 0 Å². The molecule has 2 fully saturated rings. The summed E-state index contributed by atoms with van der Waals surface area (Å²) in [6.07, 6.45) is 4.71. The van der Waals surface area contributed by atoms with Crippen molar-refractivity contribution in [3.05, 3.63) is 23.4 Å². The van der Waals surface area contributed by atoms with Gasteiger partial charge in [-0.3, -0.25) is 9.80 Å². The fourth-order valence-corrected chi connectivity index (χ4v) is 3.51. The van der Waals surface area contributed by atoms with Crippen LogP contribution in [0.4, 0.5) is 0 Å². The highest BCUT2D eigenvalue weighted by molar-refractivity contribution is 5.02. The molecule has 4 rings (SSSR count). The van der Waals surface area contributed by atoms with Gasteiger partial charge in [-0.25, -0.2) is 0 Å². The van der Waals surface area contributed by atoms with Gasteiger partial charge in [-0.1, -0.05) is 10.3 Å². The maximum absolute atomic E-state index is 5.38. The molecule has 0 N–H and O–H groups in total. The summed E-state index contributed by atoms with van der Waals surface area (Å²) in [5, 5.41) is 8.06. The van der Waals surface area contributed by atoms with Gasteiger partial charge in [0.1, 0.15) is 0 Å². The van der Waals surface area contributed by atoms with Crippen molar-refractivity contribution in [1.82, 2.24) is 30.1 Å². The maximum atomic E-state index is 5.38. The Bertz CT molecular complexity index is 710. The average Bonchev–Trinajstić information content (AvgIpc) is 3.22. The molecule has 2 aromatic rings. The van der Waals surface area contributed by atoms with Crippen LogP contribution in [0, 0.1) is 6.92 Å². The molecule has 136 valence electrons. The van der Waals surface area contributed by atoms with Crippen LogP contribution in [-0.2, 0) is 6.54 Å². The summed E-state index contributed by atoms with van der Waals surface area (Å²) in [6, 6.07) is 0.559. The van der Waals surface area contributed by atoms with Gasteiger partial charge in [-0.05, 0) is 53.1 Å². The van der Waals surface area contributed by atoms with E-state index >= 15 is 0 Å². The quantitative estimate of drug-likeness (QED) is 0.788. The van der Waals surface area contributed by atoms with Crippen LogP contribution in [-0.4, -0.2) is 56.3 Å². The van der Waals surface area contributed by atoms with Gasteiger partial charge in [0.25, 0.3) is 0 Å². The molecule has 8 heteroatoms. The summed E-state index contributed by atoms with van der Waals surface area (Å²) < 4.78 is 10.7. The minimum absolute atomic E-state index is 0.109. The Morgan fingerprint density at radius 1 is 1.20 bits per heavy atom. The summed E-state index contributed by atoms with van der Waals surface area (Å²) in [5.41, 5.74) is 0. The molecule has 2 aromatic heterocycles. The first kappa shape index (κ1) is 16.7. The molecule has 0 unspecified atom stereocenters. The Morgan fingerprint density at radius 2 is 2.04 bits per heavy atom. The third kappa shape index (κ3) is 3.74. The van der Waals surface area contributed by atoms with Gasteiger partial charge < -0.3 is 9.05 Å².